The van der Waals surface area contributed by atoms with E-state index in [0.29, 0.717) is 18.7 Å². The molecule has 0 unspecified atom stereocenters. The van der Waals surface area contributed by atoms with E-state index < -0.39 is 0 Å². The molecule has 0 aliphatic rings. The minimum Gasteiger partial charge on any atom is -0.492 e. The molecule has 1 aromatic heterocycles. The molecular formula is C16H17BrN2O2. The summed E-state index contributed by atoms with van der Waals surface area (Å²) in [5.41, 5.74) is 1.75. The highest BCUT2D eigenvalue weighted by atomic mass is 79.9. The van der Waals surface area contributed by atoms with Gasteiger partial charge < -0.3 is 9.64 Å². The average molecular weight is 349 g/mol. The number of hydrogen-bond donors (Lipinski definition) is 0. The van der Waals surface area contributed by atoms with E-state index in [4.69, 9.17) is 4.74 Å². The summed E-state index contributed by atoms with van der Waals surface area (Å²) >= 11 is 3.31. The zero-order chi connectivity index (χ0) is 15.2. The number of rotatable bonds is 5. The monoisotopic (exact) mass is 348 g/mol. The molecule has 0 N–H and O–H groups in total. The first kappa shape index (κ1) is 15.5. The molecule has 1 amide bonds. The third kappa shape index (κ3) is 4.56. The fraction of sp³-hybridized carbons (Fsp3) is 0.250. The van der Waals surface area contributed by atoms with Crippen molar-refractivity contribution in [2.75, 3.05) is 20.2 Å². The van der Waals surface area contributed by atoms with Crippen molar-refractivity contribution in [3.8, 4) is 5.75 Å². The van der Waals surface area contributed by atoms with Crippen LogP contribution >= 0.6 is 15.9 Å². The van der Waals surface area contributed by atoms with Crippen LogP contribution in [0.15, 0.2) is 47.2 Å². The molecule has 2 aromatic rings. The third-order valence-corrected chi connectivity index (χ3v) is 3.45. The Bertz CT molecular complexity index is 614. The van der Waals surface area contributed by atoms with Gasteiger partial charge in [-0.05, 0) is 41.1 Å². The molecule has 0 atom stereocenters. The summed E-state index contributed by atoms with van der Waals surface area (Å²) in [6, 6.07) is 9.60. The maximum absolute atomic E-state index is 12.2. The number of benzene rings is 1. The van der Waals surface area contributed by atoms with E-state index in [0.717, 1.165) is 10.2 Å². The standard InChI is InChI=1S/C16H17BrN2O2/c1-12-3-5-15(6-4-12)21-8-7-19(2)16(20)13-9-14(17)11-18-10-13/h3-6,9-11H,7-8H2,1-2H3. The number of nitrogens with zero attached hydrogens (tertiary/aromatic N) is 2. The van der Waals surface area contributed by atoms with Crippen LogP contribution in [0.3, 0.4) is 0 Å². The summed E-state index contributed by atoms with van der Waals surface area (Å²) in [6.45, 7) is 2.99. The Morgan fingerprint density at radius 2 is 2.00 bits per heavy atom. The number of carbonyl (C=O) groups excluding carboxylic acids is 1. The summed E-state index contributed by atoms with van der Waals surface area (Å²) in [5.74, 6) is 0.738. The maximum atomic E-state index is 12.2. The van der Waals surface area contributed by atoms with Crippen LogP contribution in [0.5, 0.6) is 5.75 Å². The van der Waals surface area contributed by atoms with Crippen LogP contribution in [0.4, 0.5) is 0 Å². The van der Waals surface area contributed by atoms with Gasteiger partial charge in [-0.25, -0.2) is 0 Å². The molecule has 0 aliphatic heterocycles. The second-order valence-corrected chi connectivity index (χ2v) is 5.70. The van der Waals surface area contributed by atoms with Crippen LogP contribution in [0.2, 0.25) is 0 Å². The van der Waals surface area contributed by atoms with E-state index in [1.807, 2.05) is 31.2 Å². The first-order valence-corrected chi connectivity index (χ1v) is 7.41. The van der Waals surface area contributed by atoms with Gasteiger partial charge in [0.05, 0.1) is 12.1 Å². The highest BCUT2D eigenvalue weighted by Crippen LogP contribution is 2.12. The van der Waals surface area contributed by atoms with Gasteiger partial charge in [0, 0.05) is 23.9 Å². The highest BCUT2D eigenvalue weighted by Gasteiger charge is 2.12. The molecule has 0 saturated heterocycles. The van der Waals surface area contributed by atoms with Crippen LogP contribution in [-0.4, -0.2) is 36.0 Å². The Labute approximate surface area is 132 Å². The number of aromatic nitrogens is 1. The summed E-state index contributed by atoms with van der Waals surface area (Å²) in [7, 11) is 1.75. The molecule has 0 spiro atoms. The van der Waals surface area contributed by atoms with Crippen LogP contribution in [0, 0.1) is 6.92 Å². The number of pyridine rings is 1. The SMILES string of the molecule is Cc1ccc(OCCN(C)C(=O)c2cncc(Br)c2)cc1. The fourth-order valence-corrected chi connectivity index (χ4v) is 2.15. The zero-order valence-electron chi connectivity index (χ0n) is 12.0. The van der Waals surface area contributed by atoms with E-state index in [9.17, 15) is 4.79 Å². The topological polar surface area (TPSA) is 42.4 Å². The van der Waals surface area contributed by atoms with Crippen LogP contribution in [0.1, 0.15) is 15.9 Å². The molecule has 4 nitrogen and oxygen atoms in total. The molecule has 0 fully saturated rings. The summed E-state index contributed by atoms with van der Waals surface area (Å²) < 4.78 is 6.41. The van der Waals surface area contributed by atoms with Gasteiger partial charge in [-0.3, -0.25) is 9.78 Å². The molecule has 0 radical (unpaired) electrons. The van der Waals surface area contributed by atoms with E-state index in [-0.39, 0.29) is 5.91 Å². The van der Waals surface area contributed by atoms with Gasteiger partial charge in [0.2, 0.25) is 0 Å². The predicted molar refractivity (Wildman–Crippen MR) is 85.6 cm³/mol. The Morgan fingerprint density at radius 1 is 1.29 bits per heavy atom. The fourth-order valence-electron chi connectivity index (χ4n) is 1.79. The van der Waals surface area contributed by atoms with Crippen molar-refractivity contribution in [2.45, 2.75) is 6.92 Å². The Morgan fingerprint density at radius 3 is 2.67 bits per heavy atom. The second-order valence-electron chi connectivity index (χ2n) is 4.78. The number of halogens is 1. The van der Waals surface area contributed by atoms with Crippen molar-refractivity contribution in [3.63, 3.8) is 0 Å². The summed E-state index contributed by atoms with van der Waals surface area (Å²) in [4.78, 5) is 17.8. The van der Waals surface area contributed by atoms with Gasteiger partial charge in [-0.15, -0.1) is 0 Å². The quantitative estimate of drug-likeness (QED) is 0.832. The van der Waals surface area contributed by atoms with Crippen molar-refractivity contribution >= 4 is 21.8 Å². The van der Waals surface area contributed by atoms with Crippen LogP contribution < -0.4 is 4.74 Å². The van der Waals surface area contributed by atoms with Gasteiger partial charge in [-0.1, -0.05) is 17.7 Å². The lowest BCUT2D eigenvalue weighted by atomic mass is 10.2. The Hall–Kier alpha value is -1.88. The molecule has 2 rings (SSSR count). The summed E-state index contributed by atoms with van der Waals surface area (Å²) in [6.07, 6.45) is 3.21. The van der Waals surface area contributed by atoms with E-state index in [2.05, 4.69) is 20.9 Å². The number of hydrogen-bond acceptors (Lipinski definition) is 3. The maximum Gasteiger partial charge on any atom is 0.255 e. The molecule has 5 heteroatoms. The second kappa shape index (κ2) is 7.22. The molecule has 0 bridgehead atoms. The average Bonchev–Trinajstić information content (AvgIpc) is 2.48. The molecule has 1 aromatic carbocycles. The van der Waals surface area contributed by atoms with E-state index >= 15 is 0 Å². The highest BCUT2D eigenvalue weighted by molar-refractivity contribution is 9.10. The number of ether oxygens (including phenoxy) is 1. The van der Waals surface area contributed by atoms with Crippen LogP contribution in [-0.2, 0) is 0 Å². The van der Waals surface area contributed by atoms with Crippen molar-refractivity contribution in [1.29, 1.82) is 0 Å². The molecule has 21 heavy (non-hydrogen) atoms. The van der Waals surface area contributed by atoms with Crippen molar-refractivity contribution in [2.24, 2.45) is 0 Å². The minimum absolute atomic E-state index is 0.0729. The van der Waals surface area contributed by atoms with Gasteiger partial charge in [0.25, 0.3) is 5.91 Å². The Kier molecular flexibility index (Phi) is 5.33. The van der Waals surface area contributed by atoms with Crippen molar-refractivity contribution < 1.29 is 9.53 Å². The van der Waals surface area contributed by atoms with Gasteiger partial charge in [0.15, 0.2) is 0 Å². The lowest BCUT2D eigenvalue weighted by molar-refractivity contribution is 0.0773. The lowest BCUT2D eigenvalue weighted by Gasteiger charge is -2.17. The minimum atomic E-state index is -0.0729. The first-order valence-electron chi connectivity index (χ1n) is 6.62. The number of amides is 1. The van der Waals surface area contributed by atoms with Crippen LogP contribution in [0.25, 0.3) is 0 Å². The largest absolute Gasteiger partial charge is 0.492 e. The first-order chi connectivity index (χ1) is 10.1. The van der Waals surface area contributed by atoms with Crippen molar-refractivity contribution in [3.05, 3.63) is 58.3 Å². The van der Waals surface area contributed by atoms with E-state index in [1.165, 1.54) is 5.56 Å². The number of carbonyl (C=O) groups is 1. The molecule has 110 valence electrons. The van der Waals surface area contributed by atoms with Gasteiger partial charge >= 0.3 is 0 Å². The molecule has 1 heterocycles. The molecule has 0 aliphatic carbocycles. The number of aryl methyl sites for hydroxylation is 1. The van der Waals surface area contributed by atoms with Gasteiger partial charge in [0.1, 0.15) is 12.4 Å². The normalized spacial score (nSPS) is 10.2. The Balaban J connectivity index is 1.85. The van der Waals surface area contributed by atoms with E-state index in [1.54, 1.807) is 30.4 Å². The number of likely N-dealkylation sites (N-methyl/N-ethyl adjacent to an activating group) is 1. The third-order valence-electron chi connectivity index (χ3n) is 3.01. The van der Waals surface area contributed by atoms with Crippen molar-refractivity contribution in [1.82, 2.24) is 9.88 Å². The molecule has 0 saturated carbocycles. The predicted octanol–water partition coefficient (Wildman–Crippen LogP) is 3.30. The zero-order valence-corrected chi connectivity index (χ0v) is 13.6. The molecular weight excluding hydrogens is 332 g/mol. The smallest absolute Gasteiger partial charge is 0.255 e. The summed E-state index contributed by atoms with van der Waals surface area (Å²) in [5, 5.41) is 0. The lowest BCUT2D eigenvalue weighted by Crippen LogP contribution is -2.30. The van der Waals surface area contributed by atoms with Gasteiger partial charge in [-0.2, -0.15) is 0 Å².